The van der Waals surface area contributed by atoms with Crippen LogP contribution in [0.1, 0.15) is 12.8 Å². The third-order valence-corrected chi connectivity index (χ3v) is 2.32. The zero-order valence-corrected chi connectivity index (χ0v) is 7.42. The van der Waals surface area contributed by atoms with E-state index in [0.29, 0.717) is 0 Å². The van der Waals surface area contributed by atoms with Crippen molar-refractivity contribution in [2.45, 2.75) is 25.1 Å². The average molecular weight is 199 g/mol. The summed E-state index contributed by atoms with van der Waals surface area (Å²) in [7, 11) is 0. The van der Waals surface area contributed by atoms with Gasteiger partial charge < -0.3 is 10.6 Å². The fraction of sp³-hybridized carbons (Fsp3) is 0.625. The number of hydrogen-bond acceptors (Lipinski definition) is 3. The molecule has 1 fully saturated rings. The van der Waals surface area contributed by atoms with E-state index in [4.69, 9.17) is 0 Å². The SMILES string of the molecule is O=C1N=C(C2CCCN2)NC(=O)C1F. The molecule has 0 aliphatic carbocycles. The number of amidine groups is 1. The summed E-state index contributed by atoms with van der Waals surface area (Å²) in [5.41, 5.74) is 0. The van der Waals surface area contributed by atoms with Gasteiger partial charge in [0.25, 0.3) is 18.0 Å². The predicted molar refractivity (Wildman–Crippen MR) is 46.5 cm³/mol. The van der Waals surface area contributed by atoms with Gasteiger partial charge in [-0.2, -0.15) is 4.99 Å². The number of carbonyl (C=O) groups is 2. The molecule has 2 amide bonds. The van der Waals surface area contributed by atoms with Crippen LogP contribution < -0.4 is 10.6 Å². The minimum Gasteiger partial charge on any atom is -0.310 e. The summed E-state index contributed by atoms with van der Waals surface area (Å²) in [5.74, 6) is -1.66. The van der Waals surface area contributed by atoms with E-state index in [1.807, 2.05) is 0 Å². The number of hydrogen-bond donors (Lipinski definition) is 2. The van der Waals surface area contributed by atoms with Crippen molar-refractivity contribution in [3.05, 3.63) is 0 Å². The lowest BCUT2D eigenvalue weighted by Crippen LogP contribution is -2.51. The van der Waals surface area contributed by atoms with E-state index in [-0.39, 0.29) is 11.9 Å². The zero-order valence-electron chi connectivity index (χ0n) is 7.42. The molecule has 6 heteroatoms. The van der Waals surface area contributed by atoms with Gasteiger partial charge in [-0.15, -0.1) is 0 Å². The molecule has 2 rings (SSSR count). The molecule has 2 heterocycles. The van der Waals surface area contributed by atoms with Gasteiger partial charge in [-0.25, -0.2) is 4.39 Å². The summed E-state index contributed by atoms with van der Waals surface area (Å²) in [6, 6.07) is -0.115. The summed E-state index contributed by atoms with van der Waals surface area (Å²) in [6.07, 6.45) is -0.365. The molecule has 2 aliphatic rings. The van der Waals surface area contributed by atoms with Gasteiger partial charge in [0.2, 0.25) is 0 Å². The molecule has 2 unspecified atom stereocenters. The topological polar surface area (TPSA) is 70.6 Å². The Morgan fingerprint density at radius 2 is 2.21 bits per heavy atom. The van der Waals surface area contributed by atoms with Crippen molar-refractivity contribution in [1.82, 2.24) is 10.6 Å². The summed E-state index contributed by atoms with van der Waals surface area (Å²) < 4.78 is 12.7. The molecule has 14 heavy (non-hydrogen) atoms. The first-order valence-corrected chi connectivity index (χ1v) is 4.49. The van der Waals surface area contributed by atoms with Crippen molar-refractivity contribution in [3.8, 4) is 0 Å². The van der Waals surface area contributed by atoms with E-state index < -0.39 is 18.0 Å². The largest absolute Gasteiger partial charge is 0.310 e. The molecular weight excluding hydrogens is 189 g/mol. The van der Waals surface area contributed by atoms with Crippen LogP contribution in [0.2, 0.25) is 0 Å². The first-order valence-electron chi connectivity index (χ1n) is 4.49. The van der Waals surface area contributed by atoms with Crippen LogP contribution in [0.5, 0.6) is 0 Å². The Hall–Kier alpha value is -1.30. The Kier molecular flexibility index (Phi) is 2.28. The molecule has 0 aromatic rings. The molecular formula is C8H10FN3O2. The number of nitrogens with zero attached hydrogens (tertiary/aromatic N) is 1. The molecule has 0 aromatic heterocycles. The molecule has 2 N–H and O–H groups in total. The highest BCUT2D eigenvalue weighted by Gasteiger charge is 2.34. The van der Waals surface area contributed by atoms with Gasteiger partial charge in [0.05, 0.1) is 6.04 Å². The molecule has 0 spiro atoms. The van der Waals surface area contributed by atoms with Gasteiger partial charge >= 0.3 is 0 Å². The lowest BCUT2D eigenvalue weighted by Gasteiger charge is -2.19. The van der Waals surface area contributed by atoms with Crippen molar-refractivity contribution >= 4 is 17.6 Å². The van der Waals surface area contributed by atoms with Crippen LogP contribution in [0.25, 0.3) is 0 Å². The summed E-state index contributed by atoms with van der Waals surface area (Å²) in [4.78, 5) is 25.4. The number of rotatable bonds is 1. The number of alkyl halides is 1. The van der Waals surface area contributed by atoms with Crippen LogP contribution in [0, 0.1) is 0 Å². The van der Waals surface area contributed by atoms with Crippen molar-refractivity contribution in [2.24, 2.45) is 4.99 Å². The van der Waals surface area contributed by atoms with Gasteiger partial charge in [-0.3, -0.25) is 9.59 Å². The Balaban J connectivity index is 2.16. The molecule has 5 nitrogen and oxygen atoms in total. The number of aliphatic imine (C=N–C) groups is 1. The highest BCUT2D eigenvalue weighted by molar-refractivity contribution is 6.18. The van der Waals surface area contributed by atoms with E-state index >= 15 is 0 Å². The molecule has 2 atom stereocenters. The zero-order chi connectivity index (χ0) is 10.1. The number of nitrogens with one attached hydrogen (secondary N) is 2. The average Bonchev–Trinajstić information content (AvgIpc) is 2.66. The van der Waals surface area contributed by atoms with Gasteiger partial charge in [0, 0.05) is 0 Å². The number of carbonyl (C=O) groups excluding carboxylic acids is 2. The first-order chi connectivity index (χ1) is 6.68. The lowest BCUT2D eigenvalue weighted by atomic mass is 10.1. The van der Waals surface area contributed by atoms with E-state index in [9.17, 15) is 14.0 Å². The van der Waals surface area contributed by atoms with Crippen LogP contribution in [0.4, 0.5) is 4.39 Å². The summed E-state index contributed by atoms with van der Waals surface area (Å²) in [6.45, 7) is 0.826. The maximum atomic E-state index is 12.7. The van der Waals surface area contributed by atoms with E-state index in [1.54, 1.807) is 0 Å². The van der Waals surface area contributed by atoms with Crippen LogP contribution in [-0.2, 0) is 9.59 Å². The molecule has 2 aliphatic heterocycles. The lowest BCUT2D eigenvalue weighted by molar-refractivity contribution is -0.134. The second-order valence-corrected chi connectivity index (χ2v) is 3.34. The summed E-state index contributed by atoms with van der Waals surface area (Å²) >= 11 is 0. The third kappa shape index (κ3) is 1.52. The number of amides is 2. The highest BCUT2D eigenvalue weighted by Crippen LogP contribution is 2.10. The van der Waals surface area contributed by atoms with Gasteiger partial charge in [0.15, 0.2) is 0 Å². The van der Waals surface area contributed by atoms with Crippen LogP contribution in [-0.4, -0.2) is 36.4 Å². The monoisotopic (exact) mass is 199 g/mol. The van der Waals surface area contributed by atoms with Gasteiger partial charge in [0.1, 0.15) is 5.84 Å². The van der Waals surface area contributed by atoms with Crippen LogP contribution in [0.15, 0.2) is 4.99 Å². The normalized spacial score (nSPS) is 32.8. The van der Waals surface area contributed by atoms with Gasteiger partial charge in [-0.1, -0.05) is 0 Å². The smallest absolute Gasteiger partial charge is 0.291 e. The predicted octanol–water partition coefficient (Wildman–Crippen LogP) is -0.869. The second-order valence-electron chi connectivity index (χ2n) is 3.34. The Labute approximate surface area is 79.8 Å². The quantitative estimate of drug-likeness (QED) is 0.539. The molecule has 76 valence electrons. The molecule has 0 bridgehead atoms. The van der Waals surface area contributed by atoms with Crippen molar-refractivity contribution in [3.63, 3.8) is 0 Å². The van der Waals surface area contributed by atoms with Crippen LogP contribution >= 0.6 is 0 Å². The third-order valence-electron chi connectivity index (χ3n) is 2.32. The molecule has 0 radical (unpaired) electrons. The second kappa shape index (κ2) is 3.45. The Morgan fingerprint density at radius 3 is 2.79 bits per heavy atom. The minimum absolute atomic E-state index is 0.115. The highest BCUT2D eigenvalue weighted by atomic mass is 19.1. The van der Waals surface area contributed by atoms with E-state index in [1.165, 1.54) is 0 Å². The Morgan fingerprint density at radius 1 is 1.43 bits per heavy atom. The fourth-order valence-electron chi connectivity index (χ4n) is 1.59. The van der Waals surface area contributed by atoms with Crippen molar-refractivity contribution in [1.29, 1.82) is 0 Å². The molecule has 1 saturated heterocycles. The Bertz CT molecular complexity index is 310. The molecule has 0 saturated carbocycles. The van der Waals surface area contributed by atoms with Crippen LogP contribution in [0.3, 0.4) is 0 Å². The maximum absolute atomic E-state index is 12.7. The van der Waals surface area contributed by atoms with Crippen molar-refractivity contribution < 1.29 is 14.0 Å². The van der Waals surface area contributed by atoms with Crippen molar-refractivity contribution in [2.75, 3.05) is 6.54 Å². The number of halogens is 1. The maximum Gasteiger partial charge on any atom is 0.291 e. The van der Waals surface area contributed by atoms with E-state index in [0.717, 1.165) is 19.4 Å². The van der Waals surface area contributed by atoms with E-state index in [2.05, 4.69) is 15.6 Å². The fourth-order valence-corrected chi connectivity index (χ4v) is 1.59. The molecule has 0 aromatic carbocycles. The summed E-state index contributed by atoms with van der Waals surface area (Å²) in [5, 5.41) is 5.35. The first kappa shape index (κ1) is 9.26. The minimum atomic E-state index is -2.14. The standard InChI is InChI=1S/C8H10FN3O2/c9-5-7(13)11-6(12-8(5)14)4-2-1-3-10-4/h4-5,10H,1-3H2,(H,11,12,13,14). The van der Waals surface area contributed by atoms with Gasteiger partial charge in [-0.05, 0) is 19.4 Å².